The molecule has 0 saturated carbocycles. The molecule has 0 aromatic rings. The summed E-state index contributed by atoms with van der Waals surface area (Å²) in [5, 5.41) is 0. The topological polar surface area (TPSA) is 0 Å². The van der Waals surface area contributed by atoms with Crippen molar-refractivity contribution in [2.45, 2.75) is 13.3 Å². The Morgan fingerprint density at radius 3 is 2.67 bits per heavy atom. The average molecular weight is 129 g/mol. The van der Waals surface area contributed by atoms with E-state index in [2.05, 4.69) is 6.92 Å². The van der Waals surface area contributed by atoms with Gasteiger partial charge >= 0.3 is 62.4 Å². The van der Waals surface area contributed by atoms with Gasteiger partial charge in [0.15, 0.2) is 0 Å². The van der Waals surface area contributed by atoms with Crippen molar-refractivity contribution in [3.05, 3.63) is 0 Å². The van der Waals surface area contributed by atoms with Crippen LogP contribution in [0, 0.1) is 0 Å². The molecular weight excluding hydrogens is 122 g/mol. The molecule has 0 amide bonds. The summed E-state index contributed by atoms with van der Waals surface area (Å²) in [6, 6.07) is 1.93. The van der Waals surface area contributed by atoms with Gasteiger partial charge in [-0.3, -0.25) is 0 Å². The summed E-state index contributed by atoms with van der Waals surface area (Å²) >= 11 is 0. The second-order valence-corrected chi connectivity index (χ2v) is 3.31. The van der Waals surface area contributed by atoms with Gasteiger partial charge in [0.25, 0.3) is 0 Å². The van der Waals surface area contributed by atoms with Gasteiger partial charge in [-0.2, -0.15) is 0 Å². The van der Waals surface area contributed by atoms with Crippen LogP contribution in [-0.4, -0.2) is 39.5 Å². The Kier molecular flexibility index (Phi) is 7.06. The van der Waals surface area contributed by atoms with E-state index in [0.717, 1.165) is 12.2 Å². The Hall–Kier alpha value is 0.545. The van der Waals surface area contributed by atoms with E-state index in [1.165, 1.54) is 6.69 Å². The Bertz CT molecular complexity index is 199. The fourth-order valence-corrected chi connectivity index (χ4v) is 1.35. The van der Waals surface area contributed by atoms with Gasteiger partial charge in [0, 0.05) is 0 Å². The predicted molar refractivity (Wildman–Crippen MR) is 51.5 cm³/mol. The van der Waals surface area contributed by atoms with Gasteiger partial charge in [-0.15, -0.1) is 0 Å². The summed E-state index contributed by atoms with van der Waals surface area (Å²) in [7, 11) is 5.05. The van der Waals surface area contributed by atoms with Gasteiger partial charge < -0.3 is 0 Å². The summed E-state index contributed by atoms with van der Waals surface area (Å²) in [6.07, 6.45) is 1.13. The standard InChI is InChI=1S/C3H7B5S/c1-2-3-9(5)8-7-6-4/h2-3H2,1H3. The molecule has 0 nitrogen and oxygen atoms in total. The van der Waals surface area contributed by atoms with Crippen LogP contribution < -0.4 is 0 Å². The fourth-order valence-electron chi connectivity index (χ4n) is 0.450. The molecule has 0 spiro atoms. The van der Waals surface area contributed by atoms with Crippen LogP contribution in [0.25, 0.3) is 0 Å². The molecule has 0 aliphatic rings. The van der Waals surface area contributed by atoms with Crippen molar-refractivity contribution in [2.24, 2.45) is 0 Å². The SMILES string of the molecule is [B]B=BB=S(#B)CCC. The fraction of sp³-hybridized carbons (Fsp3) is 1.00. The van der Waals surface area contributed by atoms with Gasteiger partial charge in [0.05, 0.1) is 0 Å². The van der Waals surface area contributed by atoms with E-state index in [1.807, 2.05) is 6.05 Å². The van der Waals surface area contributed by atoms with Gasteiger partial charge in [-0.1, -0.05) is 0 Å². The van der Waals surface area contributed by atoms with Crippen LogP contribution in [0.1, 0.15) is 13.3 Å². The molecule has 0 aromatic carbocycles. The first-order chi connectivity index (χ1) is 4.31. The maximum atomic E-state index is 5.64. The summed E-state index contributed by atoms with van der Waals surface area (Å²) < 4.78 is 0. The summed E-state index contributed by atoms with van der Waals surface area (Å²) in [5.41, 5.74) is 0. The van der Waals surface area contributed by atoms with Crippen LogP contribution in [0.5, 0.6) is 0 Å². The van der Waals surface area contributed by atoms with Gasteiger partial charge in [0.1, 0.15) is 0 Å². The summed E-state index contributed by atoms with van der Waals surface area (Å²) in [4.78, 5) is 0. The van der Waals surface area contributed by atoms with Crippen molar-refractivity contribution in [1.82, 2.24) is 0 Å². The van der Waals surface area contributed by atoms with Gasteiger partial charge in [0.2, 0.25) is 0 Å². The van der Waals surface area contributed by atoms with E-state index in [0.29, 0.717) is 0 Å². The van der Waals surface area contributed by atoms with Crippen molar-refractivity contribution in [3.8, 4) is 0 Å². The monoisotopic (exact) mass is 130 g/mol. The summed E-state index contributed by atoms with van der Waals surface area (Å²) in [6.45, 7) is 11.0. The minimum absolute atomic E-state index is 0.0617. The van der Waals surface area contributed by atoms with Crippen molar-refractivity contribution in [2.75, 3.05) is 5.75 Å². The molecule has 0 unspecified atom stereocenters. The number of rotatable bonds is 2. The molecule has 0 heterocycles. The van der Waals surface area contributed by atoms with E-state index >= 15 is 0 Å². The van der Waals surface area contributed by atoms with E-state index in [4.69, 9.17) is 14.3 Å². The minimum atomic E-state index is -0.0617. The third-order valence-corrected chi connectivity index (χ3v) is 2.19. The van der Waals surface area contributed by atoms with E-state index < -0.39 is 0 Å². The molecule has 2 radical (unpaired) electrons. The Balaban J connectivity index is 3.76. The van der Waals surface area contributed by atoms with E-state index in [1.54, 1.807) is 6.69 Å². The van der Waals surface area contributed by atoms with Crippen molar-refractivity contribution >= 4 is 43.3 Å². The van der Waals surface area contributed by atoms with E-state index in [9.17, 15) is 0 Å². The first kappa shape index (κ1) is 9.54. The van der Waals surface area contributed by atoms with Crippen LogP contribution in [0.15, 0.2) is 0 Å². The predicted octanol–water partition coefficient (Wildman–Crippen LogP) is -0.310. The van der Waals surface area contributed by atoms with Gasteiger partial charge in [-0.05, 0) is 0 Å². The molecule has 0 N–H and O–H groups in total. The van der Waals surface area contributed by atoms with Crippen LogP contribution >= 0.6 is 9.56 Å². The van der Waals surface area contributed by atoms with Gasteiger partial charge in [-0.25, -0.2) is 0 Å². The molecule has 40 valence electrons. The first-order valence-corrected chi connectivity index (χ1v) is 4.49. The Morgan fingerprint density at radius 2 is 2.22 bits per heavy atom. The van der Waals surface area contributed by atoms with Crippen LogP contribution in [-0.2, 0) is 0 Å². The molecule has 0 fully saturated rings. The Labute approximate surface area is 62.8 Å². The van der Waals surface area contributed by atoms with Crippen LogP contribution in [0.3, 0.4) is 0 Å². The Morgan fingerprint density at radius 1 is 1.56 bits per heavy atom. The van der Waals surface area contributed by atoms with Crippen LogP contribution in [0.4, 0.5) is 0 Å². The van der Waals surface area contributed by atoms with Crippen molar-refractivity contribution < 1.29 is 0 Å². The third kappa shape index (κ3) is 6.43. The molecule has 0 aliphatic heterocycles. The normalized spacial score (nSPS) is 10.3. The molecule has 0 bridgehead atoms. The molecule has 0 saturated heterocycles. The molecule has 0 aliphatic carbocycles. The molecule has 0 aromatic heterocycles. The number of hydrogen-bond acceptors (Lipinski definition) is 0. The first-order valence-electron chi connectivity index (χ1n) is 2.97. The molecule has 9 heavy (non-hydrogen) atoms. The number of hydrogen-bond donors (Lipinski definition) is 0. The zero-order chi connectivity index (χ0) is 7.11. The zero-order valence-electron chi connectivity index (χ0n) is 5.71. The van der Waals surface area contributed by atoms with Crippen molar-refractivity contribution in [1.29, 1.82) is 0 Å². The molecule has 0 rings (SSSR count). The molecular formula is C3H7B5S. The molecule has 6 heteroatoms. The van der Waals surface area contributed by atoms with Crippen LogP contribution in [0.2, 0.25) is 0 Å². The van der Waals surface area contributed by atoms with E-state index in [-0.39, 0.29) is 9.56 Å². The second-order valence-electron chi connectivity index (χ2n) is 1.69. The summed E-state index contributed by atoms with van der Waals surface area (Å²) in [5.74, 6) is 1.06. The maximum absolute atomic E-state index is 5.64. The quantitative estimate of drug-likeness (QED) is 0.449. The average Bonchev–Trinajstić information content (AvgIpc) is 1.85. The second kappa shape index (κ2) is 6.66. The third-order valence-electron chi connectivity index (χ3n) is 0.804. The molecule has 0 atom stereocenters. The zero-order valence-corrected chi connectivity index (χ0v) is 6.53. The van der Waals surface area contributed by atoms with Crippen molar-refractivity contribution in [3.63, 3.8) is 0 Å².